The third-order valence-electron chi connectivity index (χ3n) is 9.69. The van der Waals surface area contributed by atoms with Crippen molar-refractivity contribution in [2.45, 2.75) is 105 Å². The summed E-state index contributed by atoms with van der Waals surface area (Å²) in [5, 5.41) is 8.01. The lowest BCUT2D eigenvalue weighted by Crippen LogP contribution is -2.63. The summed E-state index contributed by atoms with van der Waals surface area (Å²) in [7, 11) is 0.993. The summed E-state index contributed by atoms with van der Waals surface area (Å²) in [4.78, 5) is 79.2. The van der Waals surface area contributed by atoms with Gasteiger partial charge >= 0.3 is 18.1 Å². The van der Waals surface area contributed by atoms with Crippen LogP contribution in [0.4, 0.5) is 18.0 Å². The van der Waals surface area contributed by atoms with E-state index in [2.05, 4.69) is 16.0 Å². The highest BCUT2D eigenvalue weighted by atomic mass is 19.4. The topological polar surface area (TPSA) is 171 Å². The molecule has 2 saturated carbocycles. The van der Waals surface area contributed by atoms with Crippen LogP contribution in [0.15, 0.2) is 0 Å². The van der Waals surface area contributed by atoms with Gasteiger partial charge in [0.2, 0.25) is 17.6 Å². The van der Waals surface area contributed by atoms with Crippen LogP contribution in [0.5, 0.6) is 0 Å². The number of carbonyl (C=O) groups is 6. The van der Waals surface area contributed by atoms with Crippen LogP contribution in [0.1, 0.15) is 74.7 Å². The molecule has 5 N–H and O–H groups in total. The highest BCUT2D eigenvalue weighted by Crippen LogP contribution is 2.65. The summed E-state index contributed by atoms with van der Waals surface area (Å²) in [6.45, 7) is 14.0. The van der Waals surface area contributed by atoms with Crippen LogP contribution in [0.3, 0.4) is 0 Å². The van der Waals surface area contributed by atoms with Gasteiger partial charge in [0.25, 0.3) is 5.91 Å². The lowest BCUT2D eigenvalue weighted by molar-refractivity contribution is -0.184. The number of piperidine rings is 1. The normalized spacial score (nSPS) is 24.2. The highest BCUT2D eigenvalue weighted by molar-refractivity contribution is 6.37. The van der Waals surface area contributed by atoms with Gasteiger partial charge in [0, 0.05) is 20.1 Å². The number of ketones is 1. The lowest BCUT2D eigenvalue weighted by atomic mass is 9.85. The number of hydrogen-bond donors (Lipinski definition) is 4. The van der Waals surface area contributed by atoms with E-state index in [-0.39, 0.29) is 36.1 Å². The molecule has 1 aliphatic heterocycles. The fourth-order valence-corrected chi connectivity index (χ4v) is 6.42. The maximum atomic E-state index is 14.2. The van der Waals surface area contributed by atoms with Crippen molar-refractivity contribution in [1.82, 2.24) is 25.8 Å². The van der Waals surface area contributed by atoms with Crippen LogP contribution < -0.4 is 21.7 Å². The van der Waals surface area contributed by atoms with E-state index in [1.807, 2.05) is 13.8 Å². The zero-order valence-corrected chi connectivity index (χ0v) is 28.1. The molecule has 0 aromatic rings. The summed E-state index contributed by atoms with van der Waals surface area (Å²) in [6, 6.07) is -4.98. The van der Waals surface area contributed by atoms with Crippen molar-refractivity contribution >= 4 is 35.4 Å². The van der Waals surface area contributed by atoms with E-state index in [9.17, 15) is 41.9 Å². The highest BCUT2D eigenvalue weighted by Gasteiger charge is 2.70. The molecule has 0 aromatic heterocycles. The van der Waals surface area contributed by atoms with Crippen LogP contribution in [0.2, 0.25) is 0 Å². The van der Waals surface area contributed by atoms with Crippen LogP contribution in [-0.4, -0.2) is 95.7 Å². The van der Waals surface area contributed by atoms with E-state index in [1.54, 1.807) is 41.5 Å². The molecule has 0 aromatic carbocycles. The largest absolute Gasteiger partial charge is 0.471 e. The van der Waals surface area contributed by atoms with E-state index in [1.165, 1.54) is 4.90 Å². The number of hydrogen-bond acceptors (Lipinski definition) is 6. The Balaban J connectivity index is 1.81. The molecule has 1 unspecified atom stereocenters. The molecule has 12 nitrogen and oxygen atoms in total. The molecular formula is C31H49F3N6O6. The van der Waals surface area contributed by atoms with Gasteiger partial charge in [-0.2, -0.15) is 13.2 Å². The summed E-state index contributed by atoms with van der Waals surface area (Å²) >= 11 is 0. The Morgan fingerprint density at radius 3 is 1.96 bits per heavy atom. The number of carbonyl (C=O) groups excluding carboxylic acids is 6. The second-order valence-corrected chi connectivity index (χ2v) is 15.9. The molecule has 6 atom stereocenters. The van der Waals surface area contributed by atoms with Gasteiger partial charge in [0.15, 0.2) is 0 Å². The summed E-state index contributed by atoms with van der Waals surface area (Å²) in [5.74, 6) is -5.26. The van der Waals surface area contributed by atoms with Crippen LogP contribution in [-0.2, 0) is 24.0 Å². The molecule has 1 saturated heterocycles. The van der Waals surface area contributed by atoms with E-state index in [0.29, 0.717) is 4.90 Å². The van der Waals surface area contributed by atoms with E-state index >= 15 is 0 Å². The van der Waals surface area contributed by atoms with Gasteiger partial charge in [-0.1, -0.05) is 68.2 Å². The van der Waals surface area contributed by atoms with Gasteiger partial charge in [-0.3, -0.25) is 24.0 Å². The number of urea groups is 1. The fraction of sp³-hybridized carbons (Fsp3) is 0.806. The molecule has 1 heterocycles. The predicted octanol–water partition coefficient (Wildman–Crippen LogP) is 1.96. The zero-order chi connectivity index (χ0) is 35.3. The fourth-order valence-electron chi connectivity index (χ4n) is 6.42. The van der Waals surface area contributed by atoms with Gasteiger partial charge in [-0.15, -0.1) is 0 Å². The Labute approximate surface area is 268 Å². The van der Waals surface area contributed by atoms with Crippen LogP contribution in [0.25, 0.3) is 0 Å². The average molecular weight is 659 g/mol. The van der Waals surface area contributed by atoms with E-state index in [4.69, 9.17) is 5.73 Å². The second-order valence-electron chi connectivity index (χ2n) is 15.9. The smallest absolute Gasteiger partial charge is 0.363 e. The van der Waals surface area contributed by atoms with Crippen LogP contribution in [0, 0.1) is 34.0 Å². The molecule has 2 aliphatic carbocycles. The molecule has 3 fully saturated rings. The summed E-state index contributed by atoms with van der Waals surface area (Å²) in [6.07, 6.45) is -3.06. The number of halogens is 3. The monoisotopic (exact) mass is 658 g/mol. The van der Waals surface area contributed by atoms with E-state index in [0.717, 1.165) is 19.9 Å². The molecular weight excluding hydrogens is 609 g/mol. The van der Waals surface area contributed by atoms with Crippen molar-refractivity contribution in [3.63, 3.8) is 0 Å². The molecule has 0 bridgehead atoms. The zero-order valence-electron chi connectivity index (χ0n) is 28.1. The van der Waals surface area contributed by atoms with Crippen molar-refractivity contribution in [1.29, 1.82) is 0 Å². The summed E-state index contributed by atoms with van der Waals surface area (Å²) < 4.78 is 39.1. The lowest BCUT2D eigenvalue weighted by Gasteiger charge is -2.39. The number of nitrogens with two attached hydrogens (primary N) is 1. The molecule has 0 radical (unpaired) electrons. The Hall–Kier alpha value is -3.39. The minimum atomic E-state index is -5.08. The van der Waals surface area contributed by atoms with Crippen molar-refractivity contribution in [2.75, 3.05) is 20.1 Å². The number of nitrogens with zero attached hydrogens (tertiary/aromatic N) is 2. The molecule has 260 valence electrons. The number of rotatable bonds is 11. The van der Waals surface area contributed by atoms with Crippen molar-refractivity contribution in [3.8, 4) is 0 Å². The van der Waals surface area contributed by atoms with Gasteiger partial charge < -0.3 is 31.5 Å². The third-order valence-corrected chi connectivity index (χ3v) is 9.69. The number of fused-ring (bicyclic) bond motifs is 1. The number of Topliss-reactive ketones (excluding diaryl/α,β-unsaturated/α-hetero) is 1. The molecule has 6 amide bonds. The van der Waals surface area contributed by atoms with Crippen molar-refractivity contribution < 1.29 is 41.9 Å². The molecule has 15 heteroatoms. The van der Waals surface area contributed by atoms with Gasteiger partial charge in [0.05, 0.1) is 12.1 Å². The predicted molar refractivity (Wildman–Crippen MR) is 162 cm³/mol. The standard InChI is InChI=1S/C31H49F3N6O6/c1-28(2,3)18(14-39(9)26(45)31(32,33)34)37-27(46)38-22(29(4,5)6)25(44)40-13-16-19(30(16,7)8)20(40)24(43)36-17(12-15-10-11-15)21(41)23(35)42/h15-20,22H,10-14H2,1-9H3,(H2,35,42)(H,36,43)(H2,37,38,46)/t16-,17?,18+,19-,20-,22+/m0/s1. The molecule has 46 heavy (non-hydrogen) atoms. The Bertz CT molecular complexity index is 1250. The van der Waals surface area contributed by atoms with Crippen LogP contribution >= 0.6 is 0 Å². The SMILES string of the molecule is CN(C[C@@H](NC(=O)N[C@H](C(=O)N1C[C@H]2[C@@H]([C@H]1C(=O)NC(CC1CC1)C(=O)C(N)=O)C2(C)C)C(C)(C)C)C(C)(C)C)C(=O)C(F)(F)F. The molecule has 3 rings (SSSR count). The first-order valence-corrected chi connectivity index (χ1v) is 15.6. The quantitative estimate of drug-likeness (QED) is 0.247. The maximum Gasteiger partial charge on any atom is 0.471 e. The Kier molecular flexibility index (Phi) is 10.2. The Morgan fingerprint density at radius 2 is 1.50 bits per heavy atom. The van der Waals surface area contributed by atoms with Gasteiger partial charge in [0.1, 0.15) is 12.1 Å². The molecule has 0 spiro atoms. The van der Waals surface area contributed by atoms with E-state index < -0.39 is 83.2 Å². The number of alkyl halides is 3. The minimum Gasteiger partial charge on any atom is -0.363 e. The Morgan fingerprint density at radius 1 is 0.935 bits per heavy atom. The van der Waals surface area contributed by atoms with Gasteiger partial charge in [-0.05, 0) is 40.4 Å². The number of nitrogens with one attached hydrogen (secondary N) is 3. The second kappa shape index (κ2) is 12.7. The molecule has 3 aliphatic rings. The third kappa shape index (κ3) is 8.30. The first-order valence-electron chi connectivity index (χ1n) is 15.6. The number of likely N-dealkylation sites (tertiary alicyclic amines) is 1. The number of likely N-dealkylation sites (N-methyl/N-ethyl adjacent to an activating group) is 1. The van der Waals surface area contributed by atoms with Crippen molar-refractivity contribution in [2.24, 2.45) is 39.7 Å². The number of primary amides is 1. The summed E-state index contributed by atoms with van der Waals surface area (Å²) in [5.41, 5.74) is 3.35. The maximum absolute atomic E-state index is 14.2. The van der Waals surface area contributed by atoms with Gasteiger partial charge in [-0.25, -0.2) is 4.79 Å². The first kappa shape index (κ1) is 37.1. The van der Waals surface area contributed by atoms with Crippen molar-refractivity contribution in [3.05, 3.63) is 0 Å². The number of amides is 6. The average Bonchev–Trinajstić information content (AvgIpc) is 3.75. The first-order chi connectivity index (χ1) is 20.8. The minimum absolute atomic E-state index is 0.0117.